The quantitative estimate of drug-likeness (QED) is 0.576. The van der Waals surface area contributed by atoms with E-state index in [-0.39, 0.29) is 0 Å². The van der Waals surface area contributed by atoms with Crippen molar-refractivity contribution in [3.05, 3.63) is 0 Å². The fourth-order valence-electron chi connectivity index (χ4n) is 3.75. The number of aliphatic hydroxyl groups is 1. The molecule has 0 unspecified atom stereocenters. The van der Waals surface area contributed by atoms with Crippen molar-refractivity contribution in [2.75, 3.05) is 0 Å². The first-order valence-corrected chi connectivity index (χ1v) is 9.83. The number of hydrogen-bond acceptors (Lipinski definition) is 1. The van der Waals surface area contributed by atoms with Gasteiger partial charge in [-0.15, -0.1) is 0 Å². The summed E-state index contributed by atoms with van der Waals surface area (Å²) in [6.45, 7) is 4.03. The van der Waals surface area contributed by atoms with E-state index in [0.717, 1.165) is 0 Å². The van der Waals surface area contributed by atoms with Gasteiger partial charge >= 0.3 is 0 Å². The first kappa shape index (κ1) is 19.0. The summed E-state index contributed by atoms with van der Waals surface area (Å²) in [5.74, 6) is 0.508. The lowest BCUT2D eigenvalue weighted by Gasteiger charge is -2.29. The van der Waals surface area contributed by atoms with Crippen LogP contribution in [-0.4, -0.2) is 10.7 Å². The molecule has 21 heavy (non-hydrogen) atoms. The van der Waals surface area contributed by atoms with E-state index in [9.17, 15) is 5.11 Å². The molecule has 1 N–H and O–H groups in total. The lowest BCUT2D eigenvalue weighted by molar-refractivity contribution is 0.00716. The van der Waals surface area contributed by atoms with E-state index in [4.69, 9.17) is 0 Å². The molecule has 0 aliphatic heterocycles. The molecule has 126 valence electrons. The molecule has 1 saturated carbocycles. The van der Waals surface area contributed by atoms with Crippen LogP contribution in [0, 0.1) is 5.92 Å². The summed E-state index contributed by atoms with van der Waals surface area (Å²) in [6.07, 6.45) is 22.2. The first-order valence-electron chi connectivity index (χ1n) is 9.83. The van der Waals surface area contributed by atoms with Crippen LogP contribution in [0.4, 0.5) is 0 Å². The van der Waals surface area contributed by atoms with Crippen LogP contribution >= 0.6 is 0 Å². The zero-order valence-electron chi connectivity index (χ0n) is 14.8. The number of rotatable bonds is 1. The second-order valence-electron chi connectivity index (χ2n) is 7.88. The van der Waals surface area contributed by atoms with Gasteiger partial charge in [-0.3, -0.25) is 0 Å². The SMILES string of the molecule is CC(C)(O)C1CCCCCCCCCCCCCCCC1. The van der Waals surface area contributed by atoms with Crippen LogP contribution in [0.5, 0.6) is 0 Å². The Morgan fingerprint density at radius 3 is 1.00 bits per heavy atom. The zero-order valence-corrected chi connectivity index (χ0v) is 14.8. The summed E-state index contributed by atoms with van der Waals surface area (Å²) in [5, 5.41) is 10.4. The number of hydrogen-bond donors (Lipinski definition) is 1. The van der Waals surface area contributed by atoms with Gasteiger partial charge in [-0.25, -0.2) is 0 Å². The molecule has 0 amide bonds. The minimum Gasteiger partial charge on any atom is -0.390 e. The van der Waals surface area contributed by atoms with Crippen molar-refractivity contribution >= 4 is 0 Å². The van der Waals surface area contributed by atoms with Gasteiger partial charge in [0.2, 0.25) is 0 Å². The van der Waals surface area contributed by atoms with Gasteiger partial charge in [0.15, 0.2) is 0 Å². The van der Waals surface area contributed by atoms with Gasteiger partial charge in [0.05, 0.1) is 5.60 Å². The van der Waals surface area contributed by atoms with Gasteiger partial charge in [0.1, 0.15) is 0 Å². The highest BCUT2D eigenvalue weighted by Crippen LogP contribution is 2.28. The van der Waals surface area contributed by atoms with Crippen LogP contribution in [0.3, 0.4) is 0 Å². The Bertz CT molecular complexity index is 210. The Morgan fingerprint density at radius 1 is 0.524 bits per heavy atom. The Balaban J connectivity index is 2.32. The van der Waals surface area contributed by atoms with Gasteiger partial charge in [-0.1, -0.05) is 89.9 Å². The molecule has 0 aromatic heterocycles. The summed E-state index contributed by atoms with van der Waals surface area (Å²) in [7, 11) is 0. The Morgan fingerprint density at radius 2 is 0.762 bits per heavy atom. The molecule has 0 saturated heterocycles. The zero-order chi connectivity index (χ0) is 15.4. The van der Waals surface area contributed by atoms with Gasteiger partial charge < -0.3 is 5.11 Å². The Hall–Kier alpha value is -0.0400. The van der Waals surface area contributed by atoms with Crippen LogP contribution in [0.2, 0.25) is 0 Å². The summed E-state index contributed by atoms with van der Waals surface area (Å²) < 4.78 is 0. The second kappa shape index (κ2) is 11.5. The Labute approximate surface area is 133 Å². The Kier molecular flexibility index (Phi) is 10.4. The molecule has 1 aliphatic carbocycles. The largest absolute Gasteiger partial charge is 0.390 e. The topological polar surface area (TPSA) is 20.2 Å². The standard InChI is InChI=1S/C20H40O/c1-20(2,21)19-17-15-13-11-9-7-5-3-4-6-8-10-12-14-16-18-19/h19,21H,3-18H2,1-2H3. The van der Waals surface area contributed by atoms with E-state index in [1.54, 1.807) is 0 Å². The highest BCUT2D eigenvalue weighted by Gasteiger charge is 2.25. The minimum absolute atomic E-state index is 0.483. The maximum absolute atomic E-state index is 10.4. The van der Waals surface area contributed by atoms with Crippen LogP contribution < -0.4 is 0 Å². The van der Waals surface area contributed by atoms with Gasteiger partial charge in [-0.2, -0.15) is 0 Å². The lowest BCUT2D eigenvalue weighted by Crippen LogP contribution is -2.30. The van der Waals surface area contributed by atoms with E-state index in [2.05, 4.69) is 0 Å². The highest BCUT2D eigenvalue weighted by atomic mass is 16.3. The summed E-state index contributed by atoms with van der Waals surface area (Å²) in [6, 6.07) is 0. The minimum atomic E-state index is -0.483. The molecule has 1 heteroatoms. The third kappa shape index (κ3) is 10.3. The molecule has 1 nitrogen and oxygen atoms in total. The molecular formula is C20H40O. The molecule has 1 fully saturated rings. The molecule has 1 rings (SSSR count). The summed E-state index contributed by atoms with van der Waals surface area (Å²) >= 11 is 0. The lowest BCUT2D eigenvalue weighted by atomic mass is 9.82. The van der Waals surface area contributed by atoms with Crippen LogP contribution in [0.25, 0.3) is 0 Å². The average molecular weight is 297 g/mol. The molecule has 0 aromatic carbocycles. The normalized spacial score (nSPS) is 23.6. The van der Waals surface area contributed by atoms with Gasteiger partial charge in [0.25, 0.3) is 0 Å². The predicted molar refractivity (Wildman–Crippen MR) is 93.7 cm³/mol. The fourth-order valence-corrected chi connectivity index (χ4v) is 3.75. The van der Waals surface area contributed by atoms with Crippen molar-refractivity contribution in [2.24, 2.45) is 5.92 Å². The third-order valence-corrected chi connectivity index (χ3v) is 5.35. The molecule has 0 atom stereocenters. The van der Waals surface area contributed by atoms with E-state index >= 15 is 0 Å². The maximum atomic E-state index is 10.4. The van der Waals surface area contributed by atoms with Crippen molar-refractivity contribution in [1.29, 1.82) is 0 Å². The molecule has 0 heterocycles. The van der Waals surface area contributed by atoms with Crippen molar-refractivity contribution in [1.82, 2.24) is 0 Å². The second-order valence-corrected chi connectivity index (χ2v) is 7.88. The van der Waals surface area contributed by atoms with E-state index in [0.29, 0.717) is 5.92 Å². The smallest absolute Gasteiger partial charge is 0.0619 e. The molecule has 0 radical (unpaired) electrons. The molecule has 0 aromatic rings. The van der Waals surface area contributed by atoms with Crippen LogP contribution in [0.1, 0.15) is 117 Å². The highest BCUT2D eigenvalue weighted by molar-refractivity contribution is 4.77. The fraction of sp³-hybridized carbons (Fsp3) is 1.00. The van der Waals surface area contributed by atoms with E-state index in [1.165, 1.54) is 103 Å². The van der Waals surface area contributed by atoms with Gasteiger partial charge in [-0.05, 0) is 32.6 Å². The summed E-state index contributed by atoms with van der Waals surface area (Å²) in [4.78, 5) is 0. The van der Waals surface area contributed by atoms with Crippen molar-refractivity contribution < 1.29 is 5.11 Å². The molecule has 0 bridgehead atoms. The molecular weight excluding hydrogens is 256 g/mol. The summed E-state index contributed by atoms with van der Waals surface area (Å²) in [5.41, 5.74) is -0.483. The van der Waals surface area contributed by atoms with Crippen LogP contribution in [0.15, 0.2) is 0 Å². The van der Waals surface area contributed by atoms with Crippen molar-refractivity contribution in [3.8, 4) is 0 Å². The molecule has 1 aliphatic rings. The van der Waals surface area contributed by atoms with E-state index in [1.807, 2.05) is 13.8 Å². The van der Waals surface area contributed by atoms with Crippen LogP contribution in [-0.2, 0) is 0 Å². The van der Waals surface area contributed by atoms with Crippen molar-refractivity contribution in [2.45, 2.75) is 122 Å². The monoisotopic (exact) mass is 296 g/mol. The first-order chi connectivity index (χ1) is 10.1. The average Bonchev–Trinajstić information content (AvgIpc) is 2.42. The van der Waals surface area contributed by atoms with Gasteiger partial charge in [0, 0.05) is 0 Å². The molecule has 0 spiro atoms. The van der Waals surface area contributed by atoms with E-state index < -0.39 is 5.60 Å². The maximum Gasteiger partial charge on any atom is 0.0619 e. The van der Waals surface area contributed by atoms with Crippen molar-refractivity contribution in [3.63, 3.8) is 0 Å². The predicted octanol–water partition coefficient (Wildman–Crippen LogP) is 6.63. The third-order valence-electron chi connectivity index (χ3n) is 5.35.